The van der Waals surface area contributed by atoms with Crippen LogP contribution >= 0.6 is 39.7 Å². The molecule has 0 bridgehead atoms. The second kappa shape index (κ2) is 7.02. The van der Waals surface area contributed by atoms with Crippen LogP contribution in [0.3, 0.4) is 0 Å². The Morgan fingerprint density at radius 2 is 2.05 bits per heavy atom. The van der Waals surface area contributed by atoms with E-state index in [4.69, 9.17) is 23.8 Å². The highest BCUT2D eigenvalue weighted by Gasteiger charge is 2.09. The topological polar surface area (TPSA) is 37.0 Å². The van der Waals surface area contributed by atoms with Crippen molar-refractivity contribution in [3.63, 3.8) is 0 Å². The quantitative estimate of drug-likeness (QED) is 0.790. The second-order valence-corrected chi connectivity index (χ2v) is 5.83. The lowest BCUT2D eigenvalue weighted by Gasteiger charge is -2.12. The Labute approximate surface area is 136 Å². The molecule has 0 fully saturated rings. The lowest BCUT2D eigenvalue weighted by Crippen LogP contribution is -2.28. The average Bonchev–Trinajstić information content (AvgIpc) is 2.47. The summed E-state index contributed by atoms with van der Waals surface area (Å²) in [4.78, 5) is 4.22. The van der Waals surface area contributed by atoms with Gasteiger partial charge < -0.3 is 10.6 Å². The Morgan fingerprint density at radius 1 is 1.35 bits per heavy atom. The zero-order valence-electron chi connectivity index (χ0n) is 10.8. The van der Waals surface area contributed by atoms with Crippen LogP contribution in [0, 0.1) is 6.92 Å². The number of aromatic nitrogens is 1. The minimum Gasteiger partial charge on any atom is -0.358 e. The predicted molar refractivity (Wildman–Crippen MR) is 91.2 cm³/mol. The van der Waals surface area contributed by atoms with Crippen LogP contribution in [-0.2, 0) is 6.54 Å². The smallest absolute Gasteiger partial charge is 0.172 e. The van der Waals surface area contributed by atoms with Crippen molar-refractivity contribution < 1.29 is 0 Å². The van der Waals surface area contributed by atoms with Gasteiger partial charge in [0.25, 0.3) is 0 Å². The van der Waals surface area contributed by atoms with Crippen LogP contribution in [0.2, 0.25) is 5.02 Å². The number of thiocarbonyl (C=S) groups is 1. The van der Waals surface area contributed by atoms with Crippen LogP contribution in [-0.4, -0.2) is 10.1 Å². The van der Waals surface area contributed by atoms with Crippen LogP contribution in [0.25, 0.3) is 0 Å². The largest absolute Gasteiger partial charge is 0.358 e. The maximum atomic E-state index is 6.22. The molecule has 0 aliphatic rings. The molecule has 3 nitrogen and oxygen atoms in total. The number of hydrogen-bond acceptors (Lipinski definition) is 2. The van der Waals surface area contributed by atoms with E-state index in [1.807, 2.05) is 37.3 Å². The summed E-state index contributed by atoms with van der Waals surface area (Å²) in [5, 5.41) is 7.17. The van der Waals surface area contributed by atoms with E-state index in [-0.39, 0.29) is 0 Å². The van der Waals surface area contributed by atoms with E-state index >= 15 is 0 Å². The summed E-state index contributed by atoms with van der Waals surface area (Å²) in [5.41, 5.74) is 2.08. The molecule has 0 aliphatic heterocycles. The number of rotatable bonds is 3. The second-order valence-electron chi connectivity index (χ2n) is 4.19. The minimum absolute atomic E-state index is 0.491. The lowest BCUT2D eigenvalue weighted by atomic mass is 10.2. The fourth-order valence-electron chi connectivity index (χ4n) is 1.57. The fraction of sp³-hybridized carbons (Fsp3) is 0.143. The van der Waals surface area contributed by atoms with Gasteiger partial charge in [0.15, 0.2) is 10.9 Å². The Balaban J connectivity index is 1.97. The maximum Gasteiger partial charge on any atom is 0.172 e. The molecule has 6 heteroatoms. The molecule has 0 saturated carbocycles. The van der Waals surface area contributed by atoms with Crippen molar-refractivity contribution in [2.24, 2.45) is 0 Å². The lowest BCUT2D eigenvalue weighted by molar-refractivity contribution is 0.925. The summed E-state index contributed by atoms with van der Waals surface area (Å²) < 4.78 is 0.871. The van der Waals surface area contributed by atoms with Gasteiger partial charge in [-0.05, 0) is 46.2 Å². The summed E-state index contributed by atoms with van der Waals surface area (Å²) in [5.74, 6) is 0.554. The molecule has 1 heterocycles. The van der Waals surface area contributed by atoms with Crippen LogP contribution in [0.1, 0.15) is 11.1 Å². The first kappa shape index (κ1) is 15.2. The van der Waals surface area contributed by atoms with Crippen molar-refractivity contribution in [1.82, 2.24) is 10.3 Å². The Kier molecular flexibility index (Phi) is 5.34. The van der Waals surface area contributed by atoms with Gasteiger partial charge in [0, 0.05) is 17.2 Å². The summed E-state index contributed by atoms with van der Waals surface area (Å²) >= 11 is 14.8. The van der Waals surface area contributed by atoms with Crippen molar-refractivity contribution in [3.8, 4) is 0 Å². The number of hydrogen-bond donors (Lipinski definition) is 2. The molecule has 2 aromatic rings. The molecule has 0 spiro atoms. The zero-order chi connectivity index (χ0) is 14.5. The van der Waals surface area contributed by atoms with Crippen LogP contribution < -0.4 is 10.6 Å². The van der Waals surface area contributed by atoms with Gasteiger partial charge in [-0.1, -0.05) is 41.9 Å². The molecule has 2 rings (SSSR count). The third kappa shape index (κ3) is 3.91. The van der Waals surface area contributed by atoms with E-state index in [2.05, 4.69) is 31.5 Å². The molecule has 104 valence electrons. The van der Waals surface area contributed by atoms with Crippen molar-refractivity contribution in [1.29, 1.82) is 0 Å². The Morgan fingerprint density at radius 3 is 2.75 bits per heavy atom. The molecule has 0 atom stereocenters. The fourth-order valence-corrected chi connectivity index (χ4v) is 2.36. The van der Waals surface area contributed by atoms with Gasteiger partial charge in [-0.25, -0.2) is 4.98 Å². The van der Waals surface area contributed by atoms with Gasteiger partial charge in [0.1, 0.15) is 0 Å². The van der Waals surface area contributed by atoms with Gasteiger partial charge >= 0.3 is 0 Å². The maximum absolute atomic E-state index is 6.22. The molecule has 20 heavy (non-hydrogen) atoms. The molecule has 0 aliphatic carbocycles. The van der Waals surface area contributed by atoms with E-state index in [0.717, 1.165) is 15.6 Å². The van der Waals surface area contributed by atoms with Crippen molar-refractivity contribution in [2.45, 2.75) is 13.5 Å². The number of halogens is 2. The van der Waals surface area contributed by atoms with Crippen LogP contribution in [0.15, 0.2) is 41.0 Å². The summed E-state index contributed by atoms with van der Waals surface area (Å²) in [6.45, 7) is 2.57. The van der Waals surface area contributed by atoms with Gasteiger partial charge in [0.2, 0.25) is 0 Å². The third-order valence-corrected chi connectivity index (χ3v) is 4.24. The highest BCUT2D eigenvalue weighted by molar-refractivity contribution is 9.10. The number of nitrogens with one attached hydrogen (secondary N) is 2. The van der Waals surface area contributed by atoms with E-state index in [0.29, 0.717) is 22.5 Å². The molecule has 1 aromatic heterocycles. The minimum atomic E-state index is 0.491. The van der Waals surface area contributed by atoms with Gasteiger partial charge in [-0.3, -0.25) is 0 Å². The summed E-state index contributed by atoms with van der Waals surface area (Å²) in [7, 11) is 0. The molecule has 0 radical (unpaired) electrons. The van der Waals surface area contributed by atoms with Crippen molar-refractivity contribution in [3.05, 3.63) is 57.2 Å². The van der Waals surface area contributed by atoms with Crippen LogP contribution in [0.4, 0.5) is 5.82 Å². The standard InChI is InChI=1S/C14H13BrClN3S/c1-9-11(15)8-17-13(12(9)16)19-14(20)18-7-10-5-3-2-4-6-10/h2-6,8H,7H2,1H3,(H2,17,18,19,20). The molecule has 2 N–H and O–H groups in total. The highest BCUT2D eigenvalue weighted by Crippen LogP contribution is 2.28. The van der Waals surface area contributed by atoms with E-state index in [1.165, 1.54) is 0 Å². The van der Waals surface area contributed by atoms with Crippen LogP contribution in [0.5, 0.6) is 0 Å². The number of nitrogens with zero attached hydrogens (tertiary/aromatic N) is 1. The Hall–Kier alpha value is -1.17. The summed E-state index contributed by atoms with van der Waals surface area (Å²) in [6, 6.07) is 10.0. The number of benzene rings is 1. The first-order chi connectivity index (χ1) is 9.58. The van der Waals surface area contributed by atoms with Gasteiger partial charge in [-0.2, -0.15) is 0 Å². The molecule has 0 saturated heterocycles. The molecule has 0 amide bonds. The Bertz CT molecular complexity index is 619. The zero-order valence-corrected chi connectivity index (χ0v) is 13.9. The molecule has 1 aromatic carbocycles. The number of anilines is 1. The van der Waals surface area contributed by atoms with E-state index in [1.54, 1.807) is 6.20 Å². The SMILES string of the molecule is Cc1c(Br)cnc(NC(=S)NCc2ccccc2)c1Cl. The number of pyridine rings is 1. The van der Waals surface area contributed by atoms with Crippen molar-refractivity contribution >= 4 is 50.7 Å². The highest BCUT2D eigenvalue weighted by atomic mass is 79.9. The monoisotopic (exact) mass is 369 g/mol. The van der Waals surface area contributed by atoms with E-state index < -0.39 is 0 Å². The summed E-state index contributed by atoms with van der Waals surface area (Å²) in [6.07, 6.45) is 1.70. The van der Waals surface area contributed by atoms with Crippen molar-refractivity contribution in [2.75, 3.05) is 5.32 Å². The molecule has 0 unspecified atom stereocenters. The first-order valence-corrected chi connectivity index (χ1v) is 7.55. The van der Waals surface area contributed by atoms with E-state index in [9.17, 15) is 0 Å². The van der Waals surface area contributed by atoms with Gasteiger partial charge in [-0.15, -0.1) is 0 Å². The normalized spacial score (nSPS) is 10.2. The molecular weight excluding hydrogens is 358 g/mol. The molecular formula is C14H13BrClN3S. The predicted octanol–water partition coefficient (Wildman–Crippen LogP) is 4.29. The van der Waals surface area contributed by atoms with Gasteiger partial charge in [0.05, 0.1) is 5.02 Å². The first-order valence-electron chi connectivity index (χ1n) is 5.97. The average molecular weight is 371 g/mol. The third-order valence-electron chi connectivity index (χ3n) is 2.73.